The number of methoxy groups -OCH3 is 1. The first-order valence-corrected chi connectivity index (χ1v) is 8.57. The van der Waals surface area contributed by atoms with E-state index in [-0.39, 0.29) is 11.9 Å². The average Bonchev–Trinajstić information content (AvgIpc) is 3.50. The van der Waals surface area contributed by atoms with Crippen LogP contribution in [-0.4, -0.2) is 37.5 Å². The smallest absolute Gasteiger partial charge is 0.338 e. The second kappa shape index (κ2) is 8.35. The van der Waals surface area contributed by atoms with Crippen molar-refractivity contribution < 1.29 is 23.9 Å². The number of ether oxygens (including phenoxy) is 2. The summed E-state index contributed by atoms with van der Waals surface area (Å²) in [6, 6.07) is 13.2. The molecule has 0 aliphatic heterocycles. The molecule has 0 unspecified atom stereocenters. The summed E-state index contributed by atoms with van der Waals surface area (Å²) in [5, 5.41) is 5.50. The second-order valence-electron chi connectivity index (χ2n) is 6.18. The number of amides is 2. The number of benzene rings is 2. The highest BCUT2D eigenvalue weighted by molar-refractivity contribution is 5.98. The molecule has 2 N–H and O–H groups in total. The van der Waals surface area contributed by atoms with Gasteiger partial charge in [0.2, 0.25) is 0 Å². The largest absolute Gasteiger partial charge is 0.497 e. The third kappa shape index (κ3) is 5.31. The Kier molecular flexibility index (Phi) is 5.71. The highest BCUT2D eigenvalue weighted by Crippen LogP contribution is 2.20. The molecule has 0 radical (unpaired) electrons. The molecule has 1 fully saturated rings. The maximum absolute atomic E-state index is 12.0. The zero-order valence-electron chi connectivity index (χ0n) is 14.9. The van der Waals surface area contributed by atoms with Gasteiger partial charge in [0.1, 0.15) is 5.75 Å². The van der Waals surface area contributed by atoms with Crippen molar-refractivity contribution in [2.45, 2.75) is 18.9 Å². The molecule has 140 valence electrons. The molecule has 2 amide bonds. The first-order valence-electron chi connectivity index (χ1n) is 8.57. The van der Waals surface area contributed by atoms with Gasteiger partial charge in [0.05, 0.1) is 12.7 Å². The number of hydrogen-bond donors (Lipinski definition) is 2. The fourth-order valence-electron chi connectivity index (χ4n) is 2.37. The molecule has 2 aromatic rings. The number of hydrogen-bond acceptors (Lipinski definition) is 5. The predicted octanol–water partition coefficient (Wildman–Crippen LogP) is 2.38. The molecule has 0 aromatic heterocycles. The Labute approximate surface area is 156 Å². The van der Waals surface area contributed by atoms with Crippen LogP contribution in [0.15, 0.2) is 48.5 Å². The van der Waals surface area contributed by atoms with Crippen LogP contribution in [0.2, 0.25) is 0 Å². The molecule has 0 saturated heterocycles. The van der Waals surface area contributed by atoms with Gasteiger partial charge >= 0.3 is 5.97 Å². The molecule has 1 saturated carbocycles. The number of carbonyl (C=O) groups excluding carboxylic acids is 3. The predicted molar refractivity (Wildman–Crippen MR) is 98.8 cm³/mol. The molecule has 3 rings (SSSR count). The first kappa shape index (κ1) is 18.4. The molecule has 1 aliphatic rings. The lowest BCUT2D eigenvalue weighted by molar-refractivity contribution is -0.119. The van der Waals surface area contributed by atoms with Gasteiger partial charge in [0.15, 0.2) is 6.61 Å². The van der Waals surface area contributed by atoms with Crippen molar-refractivity contribution in [3.05, 3.63) is 59.7 Å². The van der Waals surface area contributed by atoms with Crippen molar-refractivity contribution in [1.82, 2.24) is 5.32 Å². The van der Waals surface area contributed by atoms with E-state index in [0.717, 1.165) is 12.8 Å². The zero-order chi connectivity index (χ0) is 19.2. The van der Waals surface area contributed by atoms with E-state index < -0.39 is 18.5 Å². The number of rotatable bonds is 7. The van der Waals surface area contributed by atoms with Gasteiger partial charge in [-0.05, 0) is 55.3 Å². The summed E-state index contributed by atoms with van der Waals surface area (Å²) in [6.45, 7) is -0.427. The third-order valence-corrected chi connectivity index (χ3v) is 3.98. The lowest BCUT2D eigenvalue weighted by Gasteiger charge is -2.09. The summed E-state index contributed by atoms with van der Waals surface area (Å²) >= 11 is 0. The Morgan fingerprint density at radius 1 is 1.04 bits per heavy atom. The van der Waals surface area contributed by atoms with E-state index in [4.69, 9.17) is 9.47 Å². The summed E-state index contributed by atoms with van der Waals surface area (Å²) in [5.41, 5.74) is 1.25. The van der Waals surface area contributed by atoms with Crippen LogP contribution in [0, 0.1) is 0 Å². The van der Waals surface area contributed by atoms with E-state index in [1.807, 2.05) is 0 Å². The lowest BCUT2D eigenvalue weighted by Crippen LogP contribution is -2.25. The van der Waals surface area contributed by atoms with Crippen LogP contribution in [0.3, 0.4) is 0 Å². The molecule has 0 spiro atoms. The summed E-state index contributed by atoms with van der Waals surface area (Å²) in [5.74, 6) is -0.642. The molecule has 2 aromatic carbocycles. The summed E-state index contributed by atoms with van der Waals surface area (Å²) in [7, 11) is 1.53. The van der Waals surface area contributed by atoms with Crippen molar-refractivity contribution in [2.75, 3.05) is 19.0 Å². The Bertz CT molecular complexity index is 844. The van der Waals surface area contributed by atoms with Crippen LogP contribution < -0.4 is 15.4 Å². The molecular weight excluding hydrogens is 348 g/mol. The van der Waals surface area contributed by atoms with Crippen LogP contribution >= 0.6 is 0 Å². The maximum atomic E-state index is 12.0. The van der Waals surface area contributed by atoms with Crippen LogP contribution in [0.25, 0.3) is 0 Å². The monoisotopic (exact) mass is 368 g/mol. The van der Waals surface area contributed by atoms with Crippen molar-refractivity contribution in [3.8, 4) is 5.75 Å². The highest BCUT2D eigenvalue weighted by atomic mass is 16.5. The third-order valence-electron chi connectivity index (χ3n) is 3.98. The van der Waals surface area contributed by atoms with Gasteiger partial charge in [-0.2, -0.15) is 0 Å². The molecule has 1 aliphatic carbocycles. The number of carbonyl (C=O) groups is 3. The first-order chi connectivity index (χ1) is 13.0. The van der Waals surface area contributed by atoms with Crippen molar-refractivity contribution in [3.63, 3.8) is 0 Å². The topological polar surface area (TPSA) is 93.7 Å². The van der Waals surface area contributed by atoms with Gasteiger partial charge in [-0.1, -0.05) is 6.07 Å². The van der Waals surface area contributed by atoms with Crippen LogP contribution in [0.5, 0.6) is 5.75 Å². The van der Waals surface area contributed by atoms with Gasteiger partial charge in [-0.15, -0.1) is 0 Å². The quantitative estimate of drug-likeness (QED) is 0.732. The standard InChI is InChI=1S/C20H20N2O5/c1-26-17-9-5-13(6-10-17)20(25)27-12-18(23)21-16-4-2-3-14(11-16)19(24)22-15-7-8-15/h2-6,9-11,15H,7-8,12H2,1H3,(H,21,23)(H,22,24). The Morgan fingerprint density at radius 2 is 1.78 bits per heavy atom. The minimum Gasteiger partial charge on any atom is -0.497 e. The van der Waals surface area contributed by atoms with Crippen molar-refractivity contribution in [2.24, 2.45) is 0 Å². The van der Waals surface area contributed by atoms with Gasteiger partial charge in [-0.25, -0.2) is 4.79 Å². The Balaban J connectivity index is 1.51. The minimum atomic E-state index is -0.606. The average molecular weight is 368 g/mol. The molecule has 7 heteroatoms. The lowest BCUT2D eigenvalue weighted by atomic mass is 10.2. The van der Waals surface area contributed by atoms with E-state index in [1.165, 1.54) is 7.11 Å². The van der Waals surface area contributed by atoms with Crippen molar-refractivity contribution in [1.29, 1.82) is 0 Å². The van der Waals surface area contributed by atoms with E-state index in [2.05, 4.69) is 10.6 Å². The van der Waals surface area contributed by atoms with Gasteiger partial charge in [-0.3, -0.25) is 9.59 Å². The highest BCUT2D eigenvalue weighted by Gasteiger charge is 2.23. The summed E-state index contributed by atoms with van der Waals surface area (Å²) in [6.07, 6.45) is 2.00. The van der Waals surface area contributed by atoms with E-state index in [0.29, 0.717) is 22.6 Å². The number of esters is 1. The van der Waals surface area contributed by atoms with Gasteiger partial charge in [0.25, 0.3) is 11.8 Å². The Morgan fingerprint density at radius 3 is 2.44 bits per heavy atom. The van der Waals surface area contributed by atoms with Crippen LogP contribution in [0.4, 0.5) is 5.69 Å². The minimum absolute atomic E-state index is 0.167. The second-order valence-corrected chi connectivity index (χ2v) is 6.18. The van der Waals surface area contributed by atoms with E-state index in [1.54, 1.807) is 48.5 Å². The van der Waals surface area contributed by atoms with E-state index >= 15 is 0 Å². The molecule has 7 nitrogen and oxygen atoms in total. The zero-order valence-corrected chi connectivity index (χ0v) is 14.9. The summed E-state index contributed by atoms with van der Waals surface area (Å²) in [4.78, 5) is 36.0. The summed E-state index contributed by atoms with van der Waals surface area (Å²) < 4.78 is 10.0. The van der Waals surface area contributed by atoms with Gasteiger partial charge < -0.3 is 20.1 Å². The molecule has 0 bridgehead atoms. The van der Waals surface area contributed by atoms with E-state index in [9.17, 15) is 14.4 Å². The van der Waals surface area contributed by atoms with Crippen molar-refractivity contribution >= 4 is 23.5 Å². The SMILES string of the molecule is COc1ccc(C(=O)OCC(=O)Nc2cccc(C(=O)NC3CC3)c2)cc1. The fraction of sp³-hybridized carbons (Fsp3) is 0.250. The van der Waals surface area contributed by atoms with Gasteiger partial charge in [0, 0.05) is 17.3 Å². The maximum Gasteiger partial charge on any atom is 0.338 e. The number of anilines is 1. The van der Waals surface area contributed by atoms with Crippen LogP contribution in [0.1, 0.15) is 33.6 Å². The molecular formula is C20H20N2O5. The normalized spacial score (nSPS) is 12.8. The fourth-order valence-corrected chi connectivity index (χ4v) is 2.37. The molecule has 0 heterocycles. The Hall–Kier alpha value is -3.35. The molecule has 27 heavy (non-hydrogen) atoms. The number of nitrogens with one attached hydrogen (secondary N) is 2. The molecule has 0 atom stereocenters. The van der Waals surface area contributed by atoms with Crippen LogP contribution in [-0.2, 0) is 9.53 Å².